The molecule has 2 N–H and O–H groups in total. The van der Waals surface area contributed by atoms with Crippen molar-refractivity contribution in [1.82, 2.24) is 0 Å². The van der Waals surface area contributed by atoms with Crippen molar-refractivity contribution in [3.63, 3.8) is 0 Å². The molecule has 0 heterocycles. The average molecular weight is 322 g/mol. The molecule has 21 heavy (non-hydrogen) atoms. The highest BCUT2D eigenvalue weighted by atomic mass is 35.5. The van der Waals surface area contributed by atoms with Crippen molar-refractivity contribution in [2.24, 2.45) is 5.73 Å². The minimum atomic E-state index is -4.85. The summed E-state index contributed by atoms with van der Waals surface area (Å²) >= 11 is 5.72. The van der Waals surface area contributed by atoms with Crippen molar-refractivity contribution in [2.45, 2.75) is 12.2 Å². The summed E-state index contributed by atoms with van der Waals surface area (Å²) in [6.45, 7) is 0. The number of nitrogens with two attached hydrogens (primary N) is 1. The number of halogens is 6. The Morgan fingerprint density at radius 3 is 2.19 bits per heavy atom. The molecule has 0 amide bonds. The van der Waals surface area contributed by atoms with Crippen LogP contribution in [-0.4, -0.2) is 0 Å². The molecule has 0 saturated carbocycles. The van der Waals surface area contributed by atoms with E-state index in [0.29, 0.717) is 12.1 Å². The van der Waals surface area contributed by atoms with Crippen LogP contribution in [0.25, 0.3) is 0 Å². The second kappa shape index (κ2) is 5.61. The number of hydrogen-bond acceptors (Lipinski definition) is 1. The van der Waals surface area contributed by atoms with Gasteiger partial charge in [0.15, 0.2) is 0 Å². The van der Waals surface area contributed by atoms with Gasteiger partial charge in [0, 0.05) is 10.6 Å². The van der Waals surface area contributed by atoms with E-state index >= 15 is 0 Å². The Balaban J connectivity index is 2.49. The largest absolute Gasteiger partial charge is 0.419 e. The van der Waals surface area contributed by atoms with E-state index in [9.17, 15) is 22.0 Å². The second-order valence-electron chi connectivity index (χ2n) is 4.38. The van der Waals surface area contributed by atoms with Gasteiger partial charge in [-0.2, -0.15) is 13.2 Å². The van der Waals surface area contributed by atoms with Crippen molar-refractivity contribution < 1.29 is 22.0 Å². The summed E-state index contributed by atoms with van der Waals surface area (Å²) in [7, 11) is 0. The molecule has 0 aliphatic rings. The zero-order chi connectivity index (χ0) is 15.8. The third kappa shape index (κ3) is 3.33. The highest BCUT2D eigenvalue weighted by Crippen LogP contribution is 2.34. The van der Waals surface area contributed by atoms with Crippen LogP contribution in [0, 0.1) is 11.6 Å². The molecule has 112 valence electrons. The lowest BCUT2D eigenvalue weighted by molar-refractivity contribution is -0.140. The lowest BCUT2D eigenvalue weighted by Crippen LogP contribution is -2.16. The molecule has 0 spiro atoms. The van der Waals surface area contributed by atoms with Crippen LogP contribution >= 0.6 is 11.6 Å². The highest BCUT2D eigenvalue weighted by molar-refractivity contribution is 6.30. The molecule has 0 aliphatic carbocycles. The molecule has 0 aromatic heterocycles. The molecule has 1 nitrogen and oxygen atoms in total. The summed E-state index contributed by atoms with van der Waals surface area (Å²) in [5, 5.41) is 0.194. The van der Waals surface area contributed by atoms with Gasteiger partial charge in [0.2, 0.25) is 0 Å². The quantitative estimate of drug-likeness (QED) is 0.798. The molecule has 7 heteroatoms. The Kier molecular flexibility index (Phi) is 4.20. The SMILES string of the molecule is NC(c1ccc(F)c(C(F)(F)F)c1)c1cc(Cl)ccc1F. The Bertz CT molecular complexity index is 669. The van der Waals surface area contributed by atoms with Crippen LogP contribution < -0.4 is 5.73 Å². The molecule has 1 unspecified atom stereocenters. The number of alkyl halides is 3. The Hall–Kier alpha value is -1.66. The van der Waals surface area contributed by atoms with Crippen molar-refractivity contribution in [1.29, 1.82) is 0 Å². The Morgan fingerprint density at radius 2 is 1.57 bits per heavy atom. The summed E-state index contributed by atoms with van der Waals surface area (Å²) in [5.74, 6) is -2.12. The van der Waals surface area contributed by atoms with Crippen LogP contribution in [0.3, 0.4) is 0 Å². The van der Waals surface area contributed by atoms with E-state index < -0.39 is 29.4 Å². The maximum absolute atomic E-state index is 13.7. The number of rotatable bonds is 2. The molecule has 0 fully saturated rings. The first-order valence-corrected chi connectivity index (χ1v) is 6.15. The molecule has 1 atom stereocenters. The first-order chi connectivity index (χ1) is 9.70. The minimum Gasteiger partial charge on any atom is -0.320 e. The zero-order valence-electron chi connectivity index (χ0n) is 10.4. The topological polar surface area (TPSA) is 26.0 Å². The van der Waals surface area contributed by atoms with Crippen molar-refractivity contribution in [3.05, 3.63) is 69.7 Å². The third-order valence-corrected chi connectivity index (χ3v) is 3.18. The van der Waals surface area contributed by atoms with Crippen LogP contribution in [0.5, 0.6) is 0 Å². The molecule has 0 saturated heterocycles. The van der Waals surface area contributed by atoms with Crippen LogP contribution in [-0.2, 0) is 6.18 Å². The van der Waals surface area contributed by atoms with Gasteiger partial charge in [-0.3, -0.25) is 0 Å². The minimum absolute atomic E-state index is 0.0649. The Morgan fingerprint density at radius 1 is 0.952 bits per heavy atom. The van der Waals surface area contributed by atoms with Crippen LogP contribution in [0.1, 0.15) is 22.7 Å². The lowest BCUT2D eigenvalue weighted by Gasteiger charge is -2.16. The van der Waals surface area contributed by atoms with Gasteiger partial charge in [0.05, 0.1) is 11.6 Å². The van der Waals surface area contributed by atoms with Gasteiger partial charge in [-0.25, -0.2) is 8.78 Å². The van der Waals surface area contributed by atoms with E-state index in [1.165, 1.54) is 12.1 Å². The Labute approximate surface area is 122 Å². The fourth-order valence-electron chi connectivity index (χ4n) is 1.89. The van der Waals surface area contributed by atoms with E-state index in [-0.39, 0.29) is 16.1 Å². The summed E-state index contributed by atoms with van der Waals surface area (Å²) in [6, 6.07) is 4.68. The zero-order valence-corrected chi connectivity index (χ0v) is 11.1. The molecule has 2 aromatic carbocycles. The predicted molar refractivity (Wildman–Crippen MR) is 68.8 cm³/mol. The predicted octanol–water partition coefficient (Wildman–Crippen LogP) is 4.69. The molecule has 0 radical (unpaired) electrons. The maximum atomic E-state index is 13.7. The summed E-state index contributed by atoms with van der Waals surface area (Å²) < 4.78 is 64.9. The first-order valence-electron chi connectivity index (χ1n) is 5.77. The molecule has 0 aliphatic heterocycles. The van der Waals surface area contributed by atoms with Gasteiger partial charge >= 0.3 is 6.18 Å². The highest BCUT2D eigenvalue weighted by Gasteiger charge is 2.34. The van der Waals surface area contributed by atoms with Crippen LogP contribution in [0.4, 0.5) is 22.0 Å². The van der Waals surface area contributed by atoms with Crippen LogP contribution in [0.15, 0.2) is 36.4 Å². The van der Waals surface area contributed by atoms with E-state index in [4.69, 9.17) is 17.3 Å². The van der Waals surface area contributed by atoms with E-state index in [0.717, 1.165) is 12.1 Å². The molecule has 0 bridgehead atoms. The smallest absolute Gasteiger partial charge is 0.320 e. The third-order valence-electron chi connectivity index (χ3n) is 2.95. The van der Waals surface area contributed by atoms with Gasteiger partial charge < -0.3 is 5.73 Å². The van der Waals surface area contributed by atoms with E-state index in [2.05, 4.69) is 0 Å². The average Bonchev–Trinajstić information content (AvgIpc) is 2.40. The van der Waals surface area contributed by atoms with E-state index in [1.807, 2.05) is 0 Å². The van der Waals surface area contributed by atoms with Gasteiger partial charge in [0.25, 0.3) is 0 Å². The van der Waals surface area contributed by atoms with Crippen LogP contribution in [0.2, 0.25) is 5.02 Å². The van der Waals surface area contributed by atoms with Crippen molar-refractivity contribution >= 4 is 11.6 Å². The number of benzene rings is 2. The summed E-state index contributed by atoms with van der Waals surface area (Å²) in [4.78, 5) is 0. The van der Waals surface area contributed by atoms with Gasteiger partial charge in [-0.15, -0.1) is 0 Å². The second-order valence-corrected chi connectivity index (χ2v) is 4.82. The van der Waals surface area contributed by atoms with Gasteiger partial charge in [-0.1, -0.05) is 17.7 Å². The van der Waals surface area contributed by atoms with E-state index in [1.54, 1.807) is 0 Å². The molecular formula is C14H9ClF5N. The molecule has 2 rings (SSSR count). The normalized spacial score (nSPS) is 13.3. The van der Waals surface area contributed by atoms with Crippen molar-refractivity contribution in [3.8, 4) is 0 Å². The molecule has 2 aromatic rings. The lowest BCUT2D eigenvalue weighted by atomic mass is 9.97. The molecular weight excluding hydrogens is 313 g/mol. The fourth-order valence-corrected chi connectivity index (χ4v) is 2.07. The van der Waals surface area contributed by atoms with Crippen molar-refractivity contribution in [2.75, 3.05) is 0 Å². The first kappa shape index (κ1) is 15.7. The number of hydrogen-bond donors (Lipinski definition) is 1. The monoisotopic (exact) mass is 321 g/mol. The summed E-state index contributed by atoms with van der Waals surface area (Å²) in [5.41, 5.74) is 4.18. The van der Waals surface area contributed by atoms with Gasteiger partial charge in [0.1, 0.15) is 11.6 Å². The van der Waals surface area contributed by atoms with Gasteiger partial charge in [-0.05, 0) is 35.9 Å². The maximum Gasteiger partial charge on any atom is 0.419 e. The standard InChI is InChI=1S/C14H9ClF5N/c15-8-2-4-11(16)9(6-8)13(21)7-1-3-12(17)10(5-7)14(18,19)20/h1-6,13H,21H2. The fraction of sp³-hybridized carbons (Fsp3) is 0.143. The summed E-state index contributed by atoms with van der Waals surface area (Å²) in [6.07, 6.45) is -4.85.